The molecule has 0 saturated heterocycles. The maximum Gasteiger partial charge on any atom is 0.157 e. The summed E-state index contributed by atoms with van der Waals surface area (Å²) in [4.78, 5) is 0. The first-order valence-electron chi connectivity index (χ1n) is 7.69. The van der Waals surface area contributed by atoms with Crippen LogP contribution in [0.5, 0.6) is 0 Å². The summed E-state index contributed by atoms with van der Waals surface area (Å²) in [6.07, 6.45) is 6.88. The molecule has 108 valence electrons. The van der Waals surface area contributed by atoms with Crippen molar-refractivity contribution in [2.24, 2.45) is 17.8 Å². The Bertz CT molecular complexity index is 229. The second-order valence-electron chi connectivity index (χ2n) is 7.05. The molecular formula is C16H32O2. The molecule has 2 unspecified atom stereocenters. The van der Waals surface area contributed by atoms with Crippen molar-refractivity contribution >= 4 is 0 Å². The highest BCUT2D eigenvalue weighted by Crippen LogP contribution is 2.36. The lowest BCUT2D eigenvalue weighted by Gasteiger charge is -2.39. The molecule has 2 atom stereocenters. The SMILES string of the molecule is CC(C)CC(C)C(O)OC(C)(C)C1CCCCC1. The molecule has 0 bridgehead atoms. The zero-order chi connectivity index (χ0) is 13.8. The summed E-state index contributed by atoms with van der Waals surface area (Å²) in [5.41, 5.74) is -0.189. The fraction of sp³-hybridized carbons (Fsp3) is 1.00. The lowest BCUT2D eigenvalue weighted by atomic mass is 9.78. The molecule has 1 N–H and O–H groups in total. The highest BCUT2D eigenvalue weighted by atomic mass is 16.6. The van der Waals surface area contributed by atoms with E-state index in [-0.39, 0.29) is 11.5 Å². The Labute approximate surface area is 113 Å². The van der Waals surface area contributed by atoms with Gasteiger partial charge in [-0.3, -0.25) is 0 Å². The maximum absolute atomic E-state index is 10.2. The molecule has 0 aromatic heterocycles. The summed E-state index contributed by atoms with van der Waals surface area (Å²) >= 11 is 0. The Kier molecular flexibility index (Phi) is 6.13. The third-order valence-corrected chi connectivity index (χ3v) is 4.34. The van der Waals surface area contributed by atoms with Crippen molar-refractivity contribution in [2.45, 2.75) is 85.0 Å². The van der Waals surface area contributed by atoms with Crippen molar-refractivity contribution in [1.82, 2.24) is 0 Å². The molecule has 0 spiro atoms. The van der Waals surface area contributed by atoms with Crippen LogP contribution in [0.25, 0.3) is 0 Å². The third-order valence-electron chi connectivity index (χ3n) is 4.34. The fourth-order valence-corrected chi connectivity index (χ4v) is 3.18. The molecule has 0 aromatic carbocycles. The minimum Gasteiger partial charge on any atom is -0.368 e. The number of rotatable bonds is 6. The smallest absolute Gasteiger partial charge is 0.157 e. The van der Waals surface area contributed by atoms with Gasteiger partial charge >= 0.3 is 0 Å². The van der Waals surface area contributed by atoms with Crippen LogP contribution in [-0.2, 0) is 4.74 Å². The molecule has 18 heavy (non-hydrogen) atoms. The second kappa shape index (κ2) is 6.91. The van der Waals surface area contributed by atoms with E-state index in [1.165, 1.54) is 32.1 Å². The van der Waals surface area contributed by atoms with E-state index in [4.69, 9.17) is 4.74 Å². The van der Waals surface area contributed by atoms with Gasteiger partial charge in [0.15, 0.2) is 6.29 Å². The molecular weight excluding hydrogens is 224 g/mol. The van der Waals surface area contributed by atoms with Gasteiger partial charge in [-0.2, -0.15) is 0 Å². The van der Waals surface area contributed by atoms with E-state index in [2.05, 4.69) is 34.6 Å². The van der Waals surface area contributed by atoms with Gasteiger partial charge in [0.1, 0.15) is 0 Å². The molecule has 0 aliphatic heterocycles. The van der Waals surface area contributed by atoms with Crippen molar-refractivity contribution < 1.29 is 9.84 Å². The van der Waals surface area contributed by atoms with Crippen LogP contribution in [0.3, 0.4) is 0 Å². The average molecular weight is 256 g/mol. The van der Waals surface area contributed by atoms with Crippen LogP contribution < -0.4 is 0 Å². The number of aliphatic hydroxyl groups is 1. The van der Waals surface area contributed by atoms with Crippen LogP contribution >= 0.6 is 0 Å². The topological polar surface area (TPSA) is 29.5 Å². The summed E-state index contributed by atoms with van der Waals surface area (Å²) in [7, 11) is 0. The zero-order valence-electron chi connectivity index (χ0n) is 12.9. The minimum atomic E-state index is -0.621. The first kappa shape index (κ1) is 16.0. The van der Waals surface area contributed by atoms with Gasteiger partial charge in [0, 0.05) is 5.92 Å². The zero-order valence-corrected chi connectivity index (χ0v) is 12.9. The predicted molar refractivity (Wildman–Crippen MR) is 76.4 cm³/mol. The molecule has 0 amide bonds. The Hall–Kier alpha value is -0.0800. The number of hydrogen-bond acceptors (Lipinski definition) is 2. The Morgan fingerprint density at radius 1 is 1.11 bits per heavy atom. The van der Waals surface area contributed by atoms with Crippen LogP contribution in [-0.4, -0.2) is 17.0 Å². The molecule has 1 fully saturated rings. The minimum absolute atomic E-state index is 0.189. The van der Waals surface area contributed by atoms with Crippen molar-refractivity contribution in [3.8, 4) is 0 Å². The average Bonchev–Trinajstić information content (AvgIpc) is 2.28. The first-order valence-corrected chi connectivity index (χ1v) is 7.69. The van der Waals surface area contributed by atoms with Crippen molar-refractivity contribution in [1.29, 1.82) is 0 Å². The van der Waals surface area contributed by atoms with Gasteiger partial charge in [-0.25, -0.2) is 0 Å². The largest absolute Gasteiger partial charge is 0.368 e. The van der Waals surface area contributed by atoms with E-state index >= 15 is 0 Å². The van der Waals surface area contributed by atoms with Gasteiger partial charge in [0.2, 0.25) is 0 Å². The molecule has 0 radical (unpaired) electrons. The molecule has 0 aromatic rings. The molecule has 2 nitrogen and oxygen atoms in total. The lowest BCUT2D eigenvalue weighted by molar-refractivity contribution is -0.216. The Morgan fingerprint density at radius 3 is 2.17 bits per heavy atom. The quantitative estimate of drug-likeness (QED) is 0.715. The molecule has 1 saturated carbocycles. The van der Waals surface area contributed by atoms with Crippen LogP contribution in [0, 0.1) is 17.8 Å². The van der Waals surface area contributed by atoms with Gasteiger partial charge in [-0.1, -0.05) is 40.0 Å². The Morgan fingerprint density at radius 2 is 1.67 bits per heavy atom. The van der Waals surface area contributed by atoms with Crippen LogP contribution in [0.1, 0.15) is 73.1 Å². The Balaban J connectivity index is 2.47. The van der Waals surface area contributed by atoms with Crippen LogP contribution in [0.4, 0.5) is 0 Å². The molecule has 0 heterocycles. The van der Waals surface area contributed by atoms with Crippen molar-refractivity contribution in [3.05, 3.63) is 0 Å². The monoisotopic (exact) mass is 256 g/mol. The molecule has 2 heteroatoms. The van der Waals surface area contributed by atoms with E-state index in [1.807, 2.05) is 0 Å². The maximum atomic E-state index is 10.2. The second-order valence-corrected chi connectivity index (χ2v) is 7.05. The van der Waals surface area contributed by atoms with Crippen LogP contribution in [0.2, 0.25) is 0 Å². The molecule has 1 aliphatic rings. The lowest BCUT2D eigenvalue weighted by Crippen LogP contribution is -2.41. The highest BCUT2D eigenvalue weighted by Gasteiger charge is 2.34. The summed E-state index contributed by atoms with van der Waals surface area (Å²) in [5, 5.41) is 10.2. The van der Waals surface area contributed by atoms with Crippen molar-refractivity contribution in [3.63, 3.8) is 0 Å². The number of ether oxygens (including phenoxy) is 1. The number of aliphatic hydroxyl groups excluding tert-OH is 1. The first-order chi connectivity index (χ1) is 8.33. The van der Waals surface area contributed by atoms with E-state index < -0.39 is 6.29 Å². The van der Waals surface area contributed by atoms with E-state index in [1.54, 1.807) is 0 Å². The van der Waals surface area contributed by atoms with Crippen LogP contribution in [0.15, 0.2) is 0 Å². The van der Waals surface area contributed by atoms with E-state index in [0.29, 0.717) is 11.8 Å². The number of hydrogen-bond donors (Lipinski definition) is 1. The normalized spacial score (nSPS) is 22.2. The van der Waals surface area contributed by atoms with Gasteiger partial charge < -0.3 is 9.84 Å². The fourth-order valence-electron chi connectivity index (χ4n) is 3.18. The molecule has 1 aliphatic carbocycles. The highest BCUT2D eigenvalue weighted by molar-refractivity contribution is 4.83. The third kappa shape index (κ3) is 4.89. The van der Waals surface area contributed by atoms with Gasteiger partial charge in [-0.05, 0) is 44.9 Å². The van der Waals surface area contributed by atoms with E-state index in [9.17, 15) is 5.11 Å². The predicted octanol–water partition coefficient (Wildman–Crippen LogP) is 4.36. The summed E-state index contributed by atoms with van der Waals surface area (Å²) < 4.78 is 6.00. The summed E-state index contributed by atoms with van der Waals surface area (Å²) in [6, 6.07) is 0. The van der Waals surface area contributed by atoms with Crippen molar-refractivity contribution in [2.75, 3.05) is 0 Å². The van der Waals surface area contributed by atoms with Gasteiger partial charge in [0.05, 0.1) is 5.60 Å². The van der Waals surface area contributed by atoms with E-state index in [0.717, 1.165) is 6.42 Å². The molecule has 1 rings (SSSR count). The summed E-state index contributed by atoms with van der Waals surface area (Å²) in [5.74, 6) is 1.43. The standard InChI is InChI=1S/C16H32O2/c1-12(2)11-13(3)15(17)18-16(4,5)14-9-7-6-8-10-14/h12-15,17H,6-11H2,1-5H3. The summed E-state index contributed by atoms with van der Waals surface area (Å²) in [6.45, 7) is 10.8. The van der Waals surface area contributed by atoms with Gasteiger partial charge in [0.25, 0.3) is 0 Å². The van der Waals surface area contributed by atoms with Gasteiger partial charge in [-0.15, -0.1) is 0 Å².